The highest BCUT2D eigenvalue weighted by atomic mass is 35.5. The van der Waals surface area contributed by atoms with E-state index in [0.29, 0.717) is 11.4 Å². The summed E-state index contributed by atoms with van der Waals surface area (Å²) in [4.78, 5) is 14.2. The van der Waals surface area contributed by atoms with Gasteiger partial charge in [0.2, 0.25) is 0 Å². The Hall–Kier alpha value is -1.06. The standard InChI is InChI=1S/C14H18ClNO2/c15-9-11-4-3-5-12(8-11)14(18)16-7-2-1-6-13(16)10-17/h3-5,8,13,17H,1-2,6-7,9-10H2. The van der Waals surface area contributed by atoms with E-state index in [0.717, 1.165) is 31.4 Å². The van der Waals surface area contributed by atoms with Gasteiger partial charge in [0.15, 0.2) is 0 Å². The number of nitrogens with zero attached hydrogens (tertiary/aromatic N) is 1. The molecule has 0 saturated carbocycles. The minimum Gasteiger partial charge on any atom is -0.394 e. The van der Waals surface area contributed by atoms with Crippen LogP contribution in [0.3, 0.4) is 0 Å². The molecule has 1 fully saturated rings. The first-order chi connectivity index (χ1) is 8.76. The van der Waals surface area contributed by atoms with Crippen LogP contribution in [0.4, 0.5) is 0 Å². The number of carbonyl (C=O) groups excluding carboxylic acids is 1. The number of hydrogen-bond acceptors (Lipinski definition) is 2. The number of alkyl halides is 1. The minimum absolute atomic E-state index is 0.000664. The maximum absolute atomic E-state index is 12.4. The third-order valence-corrected chi connectivity index (χ3v) is 3.74. The maximum Gasteiger partial charge on any atom is 0.254 e. The fraction of sp³-hybridized carbons (Fsp3) is 0.500. The first kappa shape index (κ1) is 13.4. The molecule has 1 unspecified atom stereocenters. The van der Waals surface area contributed by atoms with Gasteiger partial charge in [-0.2, -0.15) is 0 Å². The molecule has 2 rings (SSSR count). The van der Waals surface area contributed by atoms with Crippen LogP contribution in [0.25, 0.3) is 0 Å². The summed E-state index contributed by atoms with van der Waals surface area (Å²) in [6, 6.07) is 7.36. The number of amides is 1. The van der Waals surface area contributed by atoms with E-state index < -0.39 is 0 Å². The molecular formula is C14H18ClNO2. The first-order valence-electron chi connectivity index (χ1n) is 6.33. The molecule has 1 aliphatic heterocycles. The van der Waals surface area contributed by atoms with E-state index in [1.807, 2.05) is 18.2 Å². The Kier molecular flexibility index (Phi) is 4.61. The number of hydrogen-bond donors (Lipinski definition) is 1. The molecule has 1 saturated heterocycles. The minimum atomic E-state index is -0.0362. The predicted molar refractivity (Wildman–Crippen MR) is 71.8 cm³/mol. The summed E-state index contributed by atoms with van der Waals surface area (Å²) in [7, 11) is 0. The predicted octanol–water partition coefficient (Wildman–Crippen LogP) is 2.41. The molecule has 1 aliphatic rings. The zero-order valence-corrected chi connectivity index (χ0v) is 11.1. The van der Waals surface area contributed by atoms with Crippen LogP contribution in [0.2, 0.25) is 0 Å². The second-order valence-corrected chi connectivity index (χ2v) is 4.93. The van der Waals surface area contributed by atoms with E-state index in [9.17, 15) is 9.90 Å². The average molecular weight is 268 g/mol. The summed E-state index contributed by atoms with van der Waals surface area (Å²) in [6.07, 6.45) is 2.98. The number of likely N-dealkylation sites (tertiary alicyclic amines) is 1. The third kappa shape index (κ3) is 2.85. The van der Waals surface area contributed by atoms with Crippen molar-refractivity contribution in [1.82, 2.24) is 4.90 Å². The molecule has 0 aromatic heterocycles. The van der Waals surface area contributed by atoms with Crippen LogP contribution >= 0.6 is 11.6 Å². The fourth-order valence-electron chi connectivity index (χ4n) is 2.41. The van der Waals surface area contributed by atoms with Gasteiger partial charge in [-0.25, -0.2) is 0 Å². The van der Waals surface area contributed by atoms with Crippen molar-refractivity contribution in [1.29, 1.82) is 0 Å². The molecule has 1 aromatic rings. The first-order valence-corrected chi connectivity index (χ1v) is 6.86. The van der Waals surface area contributed by atoms with E-state index in [1.54, 1.807) is 11.0 Å². The highest BCUT2D eigenvalue weighted by Crippen LogP contribution is 2.20. The summed E-state index contributed by atoms with van der Waals surface area (Å²) in [5, 5.41) is 9.34. The second-order valence-electron chi connectivity index (χ2n) is 4.66. The summed E-state index contributed by atoms with van der Waals surface area (Å²) >= 11 is 5.78. The Labute approximate surface area is 112 Å². The number of rotatable bonds is 3. The van der Waals surface area contributed by atoms with Crippen LogP contribution in [0, 0.1) is 0 Å². The van der Waals surface area contributed by atoms with Crippen LogP contribution in [-0.2, 0) is 5.88 Å². The summed E-state index contributed by atoms with van der Waals surface area (Å²) in [5.74, 6) is 0.408. The molecule has 98 valence electrons. The topological polar surface area (TPSA) is 40.5 Å². The van der Waals surface area contributed by atoms with Crippen molar-refractivity contribution in [3.8, 4) is 0 Å². The molecule has 0 radical (unpaired) electrons. The Morgan fingerprint density at radius 1 is 1.44 bits per heavy atom. The van der Waals surface area contributed by atoms with Gasteiger partial charge in [0.25, 0.3) is 5.91 Å². The largest absolute Gasteiger partial charge is 0.394 e. The normalized spacial score (nSPS) is 19.9. The molecule has 1 aromatic carbocycles. The lowest BCUT2D eigenvalue weighted by Gasteiger charge is -2.34. The number of piperidine rings is 1. The van der Waals surface area contributed by atoms with E-state index >= 15 is 0 Å². The van der Waals surface area contributed by atoms with Crippen molar-refractivity contribution < 1.29 is 9.90 Å². The van der Waals surface area contributed by atoms with Gasteiger partial charge in [-0.15, -0.1) is 11.6 Å². The van der Waals surface area contributed by atoms with Crippen molar-refractivity contribution in [2.45, 2.75) is 31.2 Å². The molecular weight excluding hydrogens is 250 g/mol. The molecule has 0 spiro atoms. The second kappa shape index (κ2) is 6.21. The number of carbonyl (C=O) groups is 1. The molecule has 1 heterocycles. The van der Waals surface area contributed by atoms with Crippen LogP contribution in [0.5, 0.6) is 0 Å². The van der Waals surface area contributed by atoms with Crippen LogP contribution in [0.15, 0.2) is 24.3 Å². The van der Waals surface area contributed by atoms with Crippen LogP contribution < -0.4 is 0 Å². The van der Waals surface area contributed by atoms with Gasteiger partial charge in [0.05, 0.1) is 12.6 Å². The lowest BCUT2D eigenvalue weighted by molar-refractivity contribution is 0.0503. The van der Waals surface area contributed by atoms with Gasteiger partial charge in [-0.05, 0) is 37.0 Å². The molecule has 1 N–H and O–H groups in total. The lowest BCUT2D eigenvalue weighted by atomic mass is 10.0. The van der Waals surface area contributed by atoms with Gasteiger partial charge in [-0.1, -0.05) is 12.1 Å². The van der Waals surface area contributed by atoms with Gasteiger partial charge in [0, 0.05) is 18.0 Å². The van der Waals surface area contributed by atoms with Crippen molar-refractivity contribution in [2.75, 3.05) is 13.2 Å². The zero-order chi connectivity index (χ0) is 13.0. The fourth-order valence-corrected chi connectivity index (χ4v) is 2.58. The zero-order valence-electron chi connectivity index (χ0n) is 10.3. The number of aliphatic hydroxyl groups excluding tert-OH is 1. The SMILES string of the molecule is O=C(c1cccc(CCl)c1)N1CCCCC1CO. The van der Waals surface area contributed by atoms with E-state index in [-0.39, 0.29) is 18.6 Å². The van der Waals surface area contributed by atoms with Crippen molar-refractivity contribution >= 4 is 17.5 Å². The number of aliphatic hydroxyl groups is 1. The summed E-state index contributed by atoms with van der Waals surface area (Å²) < 4.78 is 0. The Balaban J connectivity index is 2.18. The van der Waals surface area contributed by atoms with E-state index in [4.69, 9.17) is 11.6 Å². The van der Waals surface area contributed by atoms with Gasteiger partial charge >= 0.3 is 0 Å². The Morgan fingerprint density at radius 3 is 3.00 bits per heavy atom. The third-order valence-electron chi connectivity index (χ3n) is 3.43. The van der Waals surface area contributed by atoms with Crippen LogP contribution in [-0.4, -0.2) is 35.1 Å². The van der Waals surface area contributed by atoms with Crippen LogP contribution in [0.1, 0.15) is 35.2 Å². The van der Waals surface area contributed by atoms with Gasteiger partial charge < -0.3 is 10.0 Å². The molecule has 1 atom stereocenters. The molecule has 1 amide bonds. The van der Waals surface area contributed by atoms with E-state index in [1.165, 1.54) is 0 Å². The highest BCUT2D eigenvalue weighted by molar-refractivity contribution is 6.17. The maximum atomic E-state index is 12.4. The smallest absolute Gasteiger partial charge is 0.254 e. The van der Waals surface area contributed by atoms with Gasteiger partial charge in [-0.3, -0.25) is 4.79 Å². The molecule has 18 heavy (non-hydrogen) atoms. The van der Waals surface area contributed by atoms with E-state index in [2.05, 4.69) is 0 Å². The number of halogens is 1. The molecule has 0 aliphatic carbocycles. The van der Waals surface area contributed by atoms with Crippen molar-refractivity contribution in [3.63, 3.8) is 0 Å². The molecule has 3 nitrogen and oxygen atoms in total. The molecule has 0 bridgehead atoms. The molecule has 4 heteroatoms. The van der Waals surface area contributed by atoms with Crippen molar-refractivity contribution in [2.24, 2.45) is 0 Å². The quantitative estimate of drug-likeness (QED) is 0.855. The summed E-state index contributed by atoms with van der Waals surface area (Å²) in [5.41, 5.74) is 1.61. The lowest BCUT2D eigenvalue weighted by Crippen LogP contribution is -2.45. The highest BCUT2D eigenvalue weighted by Gasteiger charge is 2.26. The number of benzene rings is 1. The average Bonchev–Trinajstić information content (AvgIpc) is 2.46. The summed E-state index contributed by atoms with van der Waals surface area (Å²) in [6.45, 7) is 0.774. The van der Waals surface area contributed by atoms with Gasteiger partial charge in [0.1, 0.15) is 0 Å². The Morgan fingerprint density at radius 2 is 2.28 bits per heavy atom. The Bertz CT molecular complexity index is 422. The van der Waals surface area contributed by atoms with Crippen molar-refractivity contribution in [3.05, 3.63) is 35.4 Å². The monoisotopic (exact) mass is 267 g/mol.